The minimum Gasteiger partial charge on any atom is -0.454 e. The Morgan fingerprint density at radius 3 is 1.13 bits per heavy atom. The maximum atomic E-state index is 13.5. The molecule has 1 aliphatic heterocycles. The Balaban J connectivity index is 2.52. The third kappa shape index (κ3) is 55.5. The van der Waals surface area contributed by atoms with Gasteiger partial charge in [-0.05, 0) is 103 Å². The van der Waals surface area contributed by atoms with Crippen molar-refractivity contribution >= 4 is 11.9 Å². The largest absolute Gasteiger partial charge is 0.454 e. The fourth-order valence-electron chi connectivity index (χ4n) is 12.1. The topological polar surface area (TPSA) is 175 Å². The molecule has 0 aliphatic carbocycles. The number of amides is 1. The van der Waals surface area contributed by atoms with Crippen molar-refractivity contribution in [2.75, 3.05) is 13.2 Å². The molecule has 0 spiro atoms. The highest BCUT2D eigenvalue weighted by molar-refractivity contribution is 5.80. The quantitative estimate of drug-likeness (QED) is 0.0195. The zero-order valence-electron chi connectivity index (χ0n) is 60.4. The molecule has 1 fully saturated rings. The second kappa shape index (κ2) is 68.8. The first-order valence-corrected chi connectivity index (χ1v) is 39.4. The molecule has 1 amide bonds. The smallest absolute Gasteiger partial charge is 0.306 e. The van der Waals surface area contributed by atoms with E-state index in [1.165, 1.54) is 225 Å². The van der Waals surface area contributed by atoms with Crippen molar-refractivity contribution in [2.45, 2.75) is 410 Å². The van der Waals surface area contributed by atoms with Crippen LogP contribution in [0.15, 0.2) is 85.1 Å². The number of esters is 1. The van der Waals surface area contributed by atoms with E-state index in [1.807, 2.05) is 6.08 Å². The maximum Gasteiger partial charge on any atom is 0.306 e. The molecule has 11 nitrogen and oxygen atoms in total. The monoisotopic (exact) mass is 1310 g/mol. The summed E-state index contributed by atoms with van der Waals surface area (Å²) in [5.74, 6) is -1.19. The average molecular weight is 1310 g/mol. The molecule has 1 rings (SSSR count). The lowest BCUT2D eigenvalue weighted by Crippen LogP contribution is -2.61. The second-order valence-corrected chi connectivity index (χ2v) is 27.1. The van der Waals surface area contributed by atoms with E-state index in [4.69, 9.17) is 14.2 Å². The van der Waals surface area contributed by atoms with E-state index < -0.39 is 67.4 Å². The van der Waals surface area contributed by atoms with Gasteiger partial charge in [0.2, 0.25) is 5.91 Å². The summed E-state index contributed by atoms with van der Waals surface area (Å²) < 4.78 is 17.8. The van der Waals surface area contributed by atoms with Gasteiger partial charge in [0.15, 0.2) is 12.4 Å². The van der Waals surface area contributed by atoms with Crippen LogP contribution in [0, 0.1) is 0 Å². The molecule has 0 aromatic rings. The Hall–Kier alpha value is -3.16. The molecule has 0 bridgehead atoms. The molecule has 8 atom stereocenters. The summed E-state index contributed by atoms with van der Waals surface area (Å²) in [6.45, 7) is 5.79. The molecule has 6 N–H and O–H groups in total. The summed E-state index contributed by atoms with van der Waals surface area (Å²) >= 11 is 0. The Morgan fingerprint density at radius 1 is 0.419 bits per heavy atom. The Labute approximate surface area is 572 Å². The van der Waals surface area contributed by atoms with Crippen molar-refractivity contribution in [1.82, 2.24) is 5.32 Å². The first kappa shape index (κ1) is 87.9. The highest BCUT2D eigenvalue weighted by Gasteiger charge is 2.47. The molecule has 11 heteroatoms. The van der Waals surface area contributed by atoms with Crippen LogP contribution in [0.3, 0.4) is 0 Å². The number of hydrogen-bond acceptors (Lipinski definition) is 10. The van der Waals surface area contributed by atoms with Crippen molar-refractivity contribution in [3.63, 3.8) is 0 Å². The lowest BCUT2D eigenvalue weighted by molar-refractivity contribution is -0.305. The van der Waals surface area contributed by atoms with Gasteiger partial charge in [-0.3, -0.25) is 9.59 Å². The molecule has 0 saturated carbocycles. The first-order valence-electron chi connectivity index (χ1n) is 39.4. The number of hydrogen-bond donors (Lipinski definition) is 6. The van der Waals surface area contributed by atoms with Crippen LogP contribution in [0.2, 0.25) is 0 Å². The van der Waals surface area contributed by atoms with Crippen molar-refractivity contribution in [3.05, 3.63) is 85.1 Å². The molecule has 8 unspecified atom stereocenters. The van der Waals surface area contributed by atoms with Crippen LogP contribution in [0.4, 0.5) is 0 Å². The van der Waals surface area contributed by atoms with Gasteiger partial charge in [-0.1, -0.05) is 337 Å². The van der Waals surface area contributed by atoms with Crippen molar-refractivity contribution in [2.24, 2.45) is 0 Å². The summed E-state index contributed by atoms with van der Waals surface area (Å²) in [4.78, 5) is 26.8. The van der Waals surface area contributed by atoms with Crippen LogP contribution in [0.1, 0.15) is 361 Å². The van der Waals surface area contributed by atoms with E-state index in [0.717, 1.165) is 89.9 Å². The van der Waals surface area contributed by atoms with Gasteiger partial charge in [-0.15, -0.1) is 0 Å². The van der Waals surface area contributed by atoms with E-state index in [0.29, 0.717) is 12.8 Å². The number of nitrogens with one attached hydrogen (secondary N) is 1. The van der Waals surface area contributed by atoms with Gasteiger partial charge in [-0.2, -0.15) is 0 Å². The zero-order valence-corrected chi connectivity index (χ0v) is 60.4. The van der Waals surface area contributed by atoms with Gasteiger partial charge in [0.25, 0.3) is 0 Å². The molecule has 0 radical (unpaired) electrons. The zero-order chi connectivity index (χ0) is 67.4. The molecule has 93 heavy (non-hydrogen) atoms. The van der Waals surface area contributed by atoms with Crippen LogP contribution >= 0.6 is 0 Å². The van der Waals surface area contributed by atoms with Crippen LogP contribution < -0.4 is 5.32 Å². The third-order valence-electron chi connectivity index (χ3n) is 18.3. The average Bonchev–Trinajstić information content (AvgIpc) is 0.918. The number of rotatable bonds is 68. The van der Waals surface area contributed by atoms with Gasteiger partial charge < -0.3 is 45.1 Å². The van der Waals surface area contributed by atoms with Gasteiger partial charge in [0, 0.05) is 6.42 Å². The van der Waals surface area contributed by atoms with E-state index in [-0.39, 0.29) is 19.4 Å². The van der Waals surface area contributed by atoms with Crippen LogP contribution in [-0.2, 0) is 23.8 Å². The SMILES string of the molecule is CCCCC/C=C\C/C=C\C/C=C\C/C=C\CCCCCCCCCCC(O)C(=O)NC(COC1OC(CO)C(O)C(O)C1OC(=O)CCCCCCCCCCCCCCCCCCC/C=C\C/C=C\CCCCC)C(O)/C=C/CCCCCCCCCCCCC. The predicted octanol–water partition coefficient (Wildman–Crippen LogP) is 21.2. The Morgan fingerprint density at radius 2 is 0.742 bits per heavy atom. The summed E-state index contributed by atoms with van der Waals surface area (Å²) in [7, 11) is 0. The lowest BCUT2D eigenvalue weighted by Gasteiger charge is -2.41. The van der Waals surface area contributed by atoms with Gasteiger partial charge >= 0.3 is 5.97 Å². The fraction of sp³-hybridized carbons (Fsp3) is 0.805. The number of ether oxygens (including phenoxy) is 3. The predicted molar refractivity (Wildman–Crippen MR) is 393 cm³/mol. The molecule has 540 valence electrons. The highest BCUT2D eigenvalue weighted by Crippen LogP contribution is 2.27. The third-order valence-corrected chi connectivity index (χ3v) is 18.3. The number of unbranched alkanes of at least 4 members (excludes halogenated alkanes) is 42. The molecular formula is C82H147NO10. The van der Waals surface area contributed by atoms with Gasteiger partial charge in [-0.25, -0.2) is 0 Å². The van der Waals surface area contributed by atoms with E-state index in [1.54, 1.807) is 6.08 Å². The van der Waals surface area contributed by atoms with Crippen molar-refractivity contribution < 1.29 is 49.3 Å². The number of carbonyl (C=O) groups excluding carboxylic acids is 2. The van der Waals surface area contributed by atoms with Crippen LogP contribution in [0.25, 0.3) is 0 Å². The number of aliphatic hydroxyl groups excluding tert-OH is 5. The molecule has 1 saturated heterocycles. The fourth-order valence-corrected chi connectivity index (χ4v) is 12.1. The Kier molecular flexibility index (Phi) is 65.0. The van der Waals surface area contributed by atoms with Crippen molar-refractivity contribution in [3.8, 4) is 0 Å². The molecule has 1 aliphatic rings. The number of aliphatic hydroxyl groups is 5. The van der Waals surface area contributed by atoms with Crippen LogP contribution in [0.5, 0.6) is 0 Å². The molecular weight excluding hydrogens is 1160 g/mol. The van der Waals surface area contributed by atoms with E-state index >= 15 is 0 Å². The highest BCUT2D eigenvalue weighted by atomic mass is 16.7. The normalized spacial score (nSPS) is 18.3. The maximum absolute atomic E-state index is 13.5. The number of allylic oxidation sites excluding steroid dienone is 13. The van der Waals surface area contributed by atoms with Gasteiger partial charge in [0.05, 0.1) is 25.4 Å². The minimum absolute atomic E-state index is 0.123. The summed E-state index contributed by atoms with van der Waals surface area (Å²) in [6, 6.07) is -1.03. The first-order chi connectivity index (χ1) is 45.7. The van der Waals surface area contributed by atoms with Crippen molar-refractivity contribution in [1.29, 1.82) is 0 Å². The lowest BCUT2D eigenvalue weighted by atomic mass is 9.99. The number of carbonyl (C=O) groups is 2. The standard InChI is InChI=1S/C82H147NO10/c1-4-7-10-13-16-19-22-25-27-29-31-33-35-37-38-39-41-43-45-47-49-52-55-58-61-64-67-70-77(87)93-80-79(89)78(88)76(71-84)92-82(80)91-72-73(74(85)68-65-62-59-56-53-50-24-21-18-15-12-9-6-3)83-81(90)75(86)69-66-63-60-57-54-51-48-46-44-42-40-36-34-32-30-28-26-23-20-17-14-11-8-5-2/h16-17,19-20,25-28,32,34,40,42,65,68,73-76,78-80,82,84-86,88-89H,4-15,18,21-24,29-31,33,35-39,41,43-64,66-67,69-72H2,1-3H3,(H,83,90)/b19-16-,20-17-,27-25-,28-26-,34-32-,42-40-,68-65+. The summed E-state index contributed by atoms with van der Waals surface area (Å²) in [5, 5.41) is 57.4. The molecule has 0 aromatic heterocycles. The summed E-state index contributed by atoms with van der Waals surface area (Å²) in [5.41, 5.74) is 0. The van der Waals surface area contributed by atoms with E-state index in [9.17, 15) is 35.1 Å². The van der Waals surface area contributed by atoms with Crippen LogP contribution in [-0.4, -0.2) is 99.6 Å². The summed E-state index contributed by atoms with van der Waals surface area (Å²) in [6.07, 6.45) is 82.0. The van der Waals surface area contributed by atoms with E-state index in [2.05, 4.69) is 99.0 Å². The second-order valence-electron chi connectivity index (χ2n) is 27.1. The molecule has 1 heterocycles. The molecule has 0 aromatic carbocycles. The minimum atomic E-state index is -1.62. The Bertz CT molecular complexity index is 1840. The van der Waals surface area contributed by atoms with Gasteiger partial charge in [0.1, 0.15) is 24.4 Å².